The highest BCUT2D eigenvalue weighted by Crippen LogP contribution is 2.34. The second kappa shape index (κ2) is 6.95. The van der Waals surface area contributed by atoms with E-state index in [9.17, 15) is 23.5 Å². The Morgan fingerprint density at radius 1 is 1.15 bits per heavy atom. The third kappa shape index (κ3) is 3.03. The van der Waals surface area contributed by atoms with Crippen molar-refractivity contribution in [3.05, 3.63) is 70.8 Å². The van der Waals surface area contributed by atoms with Gasteiger partial charge in [-0.25, -0.2) is 13.6 Å². The Kier molecular flexibility index (Phi) is 4.71. The Bertz CT molecular complexity index is 903. The lowest BCUT2D eigenvalue weighted by atomic mass is 10.1. The lowest BCUT2D eigenvalue weighted by Gasteiger charge is -2.23. The molecule has 7 heteroatoms. The maximum atomic E-state index is 14.0. The van der Waals surface area contributed by atoms with Crippen LogP contribution in [0.5, 0.6) is 0 Å². The smallest absolute Gasteiger partial charge is 0.338 e. The molecule has 5 nitrogen and oxygen atoms in total. The number of fused-ring (bicyclic) bond motifs is 1. The van der Waals surface area contributed by atoms with Crippen molar-refractivity contribution in [1.29, 1.82) is 0 Å². The molecule has 1 heterocycles. The number of aliphatic hydroxyl groups is 1. The van der Waals surface area contributed by atoms with Crippen LogP contribution >= 0.6 is 0 Å². The van der Waals surface area contributed by atoms with Crippen LogP contribution in [0, 0.1) is 11.6 Å². The Labute approximate surface area is 148 Å². The number of anilines is 1. The number of halogens is 2. The SMILES string of the molecule is COC(=O)C1=C(O)c2ccccc2N(Cc2c(F)cccc2F)C(=O)C1. The van der Waals surface area contributed by atoms with Crippen LogP contribution in [0.1, 0.15) is 17.5 Å². The number of aliphatic hydroxyl groups excluding tert-OH is 1. The zero-order valence-electron chi connectivity index (χ0n) is 13.8. The molecule has 0 atom stereocenters. The van der Waals surface area contributed by atoms with Crippen molar-refractivity contribution >= 4 is 23.3 Å². The van der Waals surface area contributed by atoms with Crippen LogP contribution in [-0.2, 0) is 20.9 Å². The molecule has 0 saturated heterocycles. The average molecular weight is 359 g/mol. The Morgan fingerprint density at radius 3 is 2.46 bits per heavy atom. The summed E-state index contributed by atoms with van der Waals surface area (Å²) < 4.78 is 32.7. The molecule has 0 spiro atoms. The van der Waals surface area contributed by atoms with Gasteiger partial charge in [-0.1, -0.05) is 18.2 Å². The Morgan fingerprint density at radius 2 is 1.81 bits per heavy atom. The lowest BCUT2D eigenvalue weighted by molar-refractivity contribution is -0.137. The first-order chi connectivity index (χ1) is 12.4. The summed E-state index contributed by atoms with van der Waals surface area (Å²) in [5, 5.41) is 10.5. The number of carbonyl (C=O) groups excluding carboxylic acids is 2. The molecular weight excluding hydrogens is 344 g/mol. The van der Waals surface area contributed by atoms with Gasteiger partial charge in [-0.3, -0.25) is 4.79 Å². The van der Waals surface area contributed by atoms with Crippen molar-refractivity contribution in [2.75, 3.05) is 12.0 Å². The van der Waals surface area contributed by atoms with Crippen molar-refractivity contribution in [2.24, 2.45) is 0 Å². The summed E-state index contributed by atoms with van der Waals surface area (Å²) in [6, 6.07) is 9.70. The van der Waals surface area contributed by atoms with Crippen LogP contribution in [0.3, 0.4) is 0 Å². The third-order valence-corrected chi connectivity index (χ3v) is 4.17. The highest BCUT2D eigenvalue weighted by Gasteiger charge is 2.31. The molecule has 0 aromatic heterocycles. The molecule has 26 heavy (non-hydrogen) atoms. The highest BCUT2D eigenvalue weighted by atomic mass is 19.1. The lowest BCUT2D eigenvalue weighted by Crippen LogP contribution is -2.31. The minimum Gasteiger partial charge on any atom is -0.507 e. The maximum absolute atomic E-state index is 14.0. The first-order valence-corrected chi connectivity index (χ1v) is 7.77. The number of hydrogen-bond donors (Lipinski definition) is 1. The fraction of sp³-hybridized carbons (Fsp3) is 0.158. The second-order valence-electron chi connectivity index (χ2n) is 5.69. The quantitative estimate of drug-likeness (QED) is 0.854. The Balaban J connectivity index is 2.11. The first-order valence-electron chi connectivity index (χ1n) is 7.77. The topological polar surface area (TPSA) is 66.8 Å². The minimum atomic E-state index is -0.843. The summed E-state index contributed by atoms with van der Waals surface area (Å²) >= 11 is 0. The minimum absolute atomic E-state index is 0.204. The van der Waals surface area contributed by atoms with E-state index in [-0.39, 0.29) is 28.9 Å². The van der Waals surface area contributed by atoms with E-state index < -0.39 is 35.7 Å². The van der Waals surface area contributed by atoms with Gasteiger partial charge in [-0.2, -0.15) is 0 Å². The average Bonchev–Trinajstić information content (AvgIpc) is 2.74. The molecule has 2 aromatic carbocycles. The van der Waals surface area contributed by atoms with Crippen molar-refractivity contribution in [1.82, 2.24) is 0 Å². The molecule has 1 N–H and O–H groups in total. The molecule has 0 bridgehead atoms. The third-order valence-electron chi connectivity index (χ3n) is 4.17. The fourth-order valence-electron chi connectivity index (χ4n) is 2.84. The zero-order valence-corrected chi connectivity index (χ0v) is 13.8. The summed E-state index contributed by atoms with van der Waals surface area (Å²) in [4.78, 5) is 25.8. The van der Waals surface area contributed by atoms with Gasteiger partial charge in [0, 0.05) is 11.1 Å². The number of methoxy groups -OCH3 is 1. The number of benzene rings is 2. The molecule has 0 unspecified atom stereocenters. The monoisotopic (exact) mass is 359 g/mol. The first kappa shape index (κ1) is 17.6. The highest BCUT2D eigenvalue weighted by molar-refractivity contribution is 6.09. The van der Waals surface area contributed by atoms with Gasteiger partial charge in [0.15, 0.2) is 0 Å². The molecule has 0 saturated carbocycles. The summed E-state index contributed by atoms with van der Waals surface area (Å²) in [5.41, 5.74) is -0.0369. The van der Waals surface area contributed by atoms with Gasteiger partial charge in [-0.05, 0) is 24.3 Å². The predicted molar refractivity (Wildman–Crippen MR) is 90.2 cm³/mol. The van der Waals surface area contributed by atoms with E-state index >= 15 is 0 Å². The number of nitrogens with zero attached hydrogens (tertiary/aromatic N) is 1. The van der Waals surface area contributed by atoms with E-state index in [4.69, 9.17) is 0 Å². The van der Waals surface area contributed by atoms with Crippen molar-refractivity contribution in [3.63, 3.8) is 0 Å². The van der Waals surface area contributed by atoms with E-state index in [0.29, 0.717) is 0 Å². The van der Waals surface area contributed by atoms with E-state index in [1.165, 1.54) is 18.2 Å². The van der Waals surface area contributed by atoms with Crippen LogP contribution < -0.4 is 4.90 Å². The van der Waals surface area contributed by atoms with E-state index in [0.717, 1.165) is 24.1 Å². The molecule has 0 radical (unpaired) electrons. The van der Waals surface area contributed by atoms with Gasteiger partial charge in [0.1, 0.15) is 17.4 Å². The standard InChI is InChI=1S/C19H15F2NO4/c1-26-19(25)12-9-17(23)22(10-13-14(20)6-4-7-15(13)21)16-8-3-2-5-11(16)18(12)24/h2-8,24H,9-10H2,1H3. The normalized spacial score (nSPS) is 14.1. The predicted octanol–water partition coefficient (Wildman–Crippen LogP) is 3.34. The van der Waals surface area contributed by atoms with Crippen LogP contribution in [0.4, 0.5) is 14.5 Å². The molecular formula is C19H15F2NO4. The molecule has 3 rings (SSSR count). The number of carbonyl (C=O) groups is 2. The van der Waals surface area contributed by atoms with Gasteiger partial charge in [-0.15, -0.1) is 0 Å². The maximum Gasteiger partial charge on any atom is 0.338 e. The summed E-state index contributed by atoms with van der Waals surface area (Å²) in [6.07, 6.45) is -0.455. The molecule has 0 aliphatic carbocycles. The number of esters is 1. The van der Waals surface area contributed by atoms with Gasteiger partial charge >= 0.3 is 5.97 Å². The summed E-state index contributed by atoms with van der Waals surface area (Å²) in [7, 11) is 1.14. The van der Waals surface area contributed by atoms with Gasteiger partial charge in [0.05, 0.1) is 31.3 Å². The molecule has 2 aromatic rings. The van der Waals surface area contributed by atoms with Crippen LogP contribution in [0.2, 0.25) is 0 Å². The molecule has 1 aliphatic heterocycles. The second-order valence-corrected chi connectivity index (χ2v) is 5.69. The zero-order chi connectivity index (χ0) is 18.8. The molecule has 1 aliphatic rings. The van der Waals surface area contributed by atoms with Gasteiger partial charge < -0.3 is 14.7 Å². The van der Waals surface area contributed by atoms with Crippen LogP contribution in [0.25, 0.3) is 5.76 Å². The van der Waals surface area contributed by atoms with Gasteiger partial charge in [0.25, 0.3) is 0 Å². The molecule has 134 valence electrons. The van der Waals surface area contributed by atoms with Crippen LogP contribution in [0.15, 0.2) is 48.0 Å². The van der Waals surface area contributed by atoms with Crippen LogP contribution in [-0.4, -0.2) is 24.1 Å². The van der Waals surface area contributed by atoms with Crippen molar-refractivity contribution in [3.8, 4) is 0 Å². The molecule has 1 amide bonds. The summed E-state index contributed by atoms with van der Waals surface area (Å²) in [6.45, 7) is -0.379. The fourth-order valence-corrected chi connectivity index (χ4v) is 2.84. The van der Waals surface area contributed by atoms with E-state index in [1.807, 2.05) is 0 Å². The molecule has 0 fully saturated rings. The largest absolute Gasteiger partial charge is 0.507 e. The number of amides is 1. The number of hydrogen-bond acceptors (Lipinski definition) is 4. The van der Waals surface area contributed by atoms with Crippen molar-refractivity contribution < 1.29 is 28.2 Å². The number of ether oxygens (including phenoxy) is 1. The number of para-hydroxylation sites is 1. The van der Waals surface area contributed by atoms with Gasteiger partial charge in [0.2, 0.25) is 5.91 Å². The number of rotatable bonds is 3. The van der Waals surface area contributed by atoms with E-state index in [1.54, 1.807) is 12.1 Å². The van der Waals surface area contributed by atoms with Crippen molar-refractivity contribution in [2.45, 2.75) is 13.0 Å². The van der Waals surface area contributed by atoms with E-state index in [2.05, 4.69) is 4.74 Å². The Hall–Kier alpha value is -3.22. The summed E-state index contributed by atoms with van der Waals surface area (Å²) in [5.74, 6) is -3.40.